The molecule has 0 aromatic heterocycles. The molecule has 5 rings (SSSR count). The van der Waals surface area contributed by atoms with Crippen molar-refractivity contribution in [3.63, 3.8) is 0 Å². The molecule has 0 spiro atoms. The normalized spacial score (nSPS) is 42.0. The molecule has 1 aliphatic heterocycles. The van der Waals surface area contributed by atoms with E-state index in [4.69, 9.17) is 0 Å². The maximum Gasteiger partial charge on any atom is 0.317 e. The lowest BCUT2D eigenvalue weighted by Crippen LogP contribution is -2.49. The van der Waals surface area contributed by atoms with Crippen LogP contribution in [0.3, 0.4) is 0 Å². The smallest absolute Gasteiger partial charge is 0.317 e. The number of rotatable bonds is 4. The molecule has 0 unspecified atom stereocenters. The summed E-state index contributed by atoms with van der Waals surface area (Å²) in [7, 11) is 0. The van der Waals surface area contributed by atoms with Crippen LogP contribution in [0, 0.1) is 29.1 Å². The van der Waals surface area contributed by atoms with Crippen LogP contribution in [0.4, 0.5) is 4.79 Å². The molecule has 1 atom stereocenters. The van der Waals surface area contributed by atoms with Gasteiger partial charge in [-0.3, -0.25) is 0 Å². The molecular formula is C19H32N2O2. The second-order valence-electron chi connectivity index (χ2n) is 9.04. The van der Waals surface area contributed by atoms with Gasteiger partial charge in [0.15, 0.2) is 0 Å². The molecule has 2 N–H and O–H groups in total. The first-order valence-electron chi connectivity index (χ1n) is 9.79. The third-order valence-corrected chi connectivity index (χ3v) is 7.16. The Hall–Kier alpha value is -0.770. The number of hydrogen-bond donors (Lipinski definition) is 2. The van der Waals surface area contributed by atoms with Gasteiger partial charge in [-0.05, 0) is 86.9 Å². The molecule has 0 aromatic rings. The number of aliphatic hydroxyl groups excluding tert-OH is 1. The number of nitrogens with one attached hydrogen (secondary N) is 1. The van der Waals surface area contributed by atoms with Gasteiger partial charge in [0, 0.05) is 26.2 Å². The van der Waals surface area contributed by atoms with Crippen LogP contribution < -0.4 is 5.32 Å². The van der Waals surface area contributed by atoms with Gasteiger partial charge in [0.25, 0.3) is 0 Å². The van der Waals surface area contributed by atoms with Gasteiger partial charge < -0.3 is 15.3 Å². The summed E-state index contributed by atoms with van der Waals surface area (Å²) in [6.07, 6.45) is 12.0. The molecule has 1 heterocycles. The Morgan fingerprint density at radius 3 is 2.39 bits per heavy atom. The minimum Gasteiger partial charge on any atom is -0.396 e. The van der Waals surface area contributed by atoms with E-state index >= 15 is 0 Å². The van der Waals surface area contributed by atoms with Crippen molar-refractivity contribution in [2.45, 2.75) is 57.8 Å². The van der Waals surface area contributed by atoms with E-state index in [-0.39, 0.29) is 18.6 Å². The Labute approximate surface area is 140 Å². The average molecular weight is 320 g/mol. The lowest BCUT2D eigenvalue weighted by molar-refractivity contribution is -0.0564. The minimum atomic E-state index is 0.0906. The summed E-state index contributed by atoms with van der Waals surface area (Å²) in [6, 6.07) is 0.0906. The largest absolute Gasteiger partial charge is 0.396 e. The zero-order chi connectivity index (χ0) is 15.9. The van der Waals surface area contributed by atoms with E-state index in [0.29, 0.717) is 5.41 Å². The molecule has 130 valence electrons. The number of urea groups is 1. The van der Waals surface area contributed by atoms with E-state index in [1.807, 2.05) is 4.90 Å². The van der Waals surface area contributed by atoms with Crippen molar-refractivity contribution < 1.29 is 9.90 Å². The third kappa shape index (κ3) is 3.24. The minimum absolute atomic E-state index is 0.0906. The SMILES string of the molecule is O=C(NCCC12CC3CC(CC(C3)C1)C2)N1CCC[C@H](CO)C1. The first kappa shape index (κ1) is 15.7. The molecule has 4 heteroatoms. The fourth-order valence-corrected chi connectivity index (χ4v) is 6.54. The first-order valence-corrected chi connectivity index (χ1v) is 9.79. The Bertz CT molecular complexity index is 415. The Kier molecular flexibility index (Phi) is 4.29. The van der Waals surface area contributed by atoms with Crippen LogP contribution in [0.2, 0.25) is 0 Å². The maximum atomic E-state index is 12.4. The van der Waals surface area contributed by atoms with Crippen LogP contribution in [0.5, 0.6) is 0 Å². The van der Waals surface area contributed by atoms with Crippen molar-refractivity contribution in [3.05, 3.63) is 0 Å². The predicted molar refractivity (Wildman–Crippen MR) is 90.0 cm³/mol. The molecule has 4 nitrogen and oxygen atoms in total. The summed E-state index contributed by atoms with van der Waals surface area (Å²) >= 11 is 0. The van der Waals surface area contributed by atoms with Crippen LogP contribution in [-0.2, 0) is 0 Å². The summed E-state index contributed by atoms with van der Waals surface area (Å²) in [4.78, 5) is 14.3. The molecule has 4 aliphatic carbocycles. The van der Waals surface area contributed by atoms with Gasteiger partial charge in [-0.15, -0.1) is 0 Å². The number of likely N-dealkylation sites (tertiary alicyclic amines) is 1. The second-order valence-corrected chi connectivity index (χ2v) is 9.04. The van der Waals surface area contributed by atoms with E-state index in [0.717, 1.165) is 50.2 Å². The van der Waals surface area contributed by atoms with Gasteiger partial charge in [0.05, 0.1) is 0 Å². The zero-order valence-electron chi connectivity index (χ0n) is 14.3. The molecule has 5 aliphatic rings. The predicted octanol–water partition coefficient (Wildman–Crippen LogP) is 3.01. The Morgan fingerprint density at radius 2 is 1.78 bits per heavy atom. The topological polar surface area (TPSA) is 52.6 Å². The lowest BCUT2D eigenvalue weighted by atomic mass is 9.49. The van der Waals surface area contributed by atoms with Gasteiger partial charge in [-0.2, -0.15) is 0 Å². The van der Waals surface area contributed by atoms with Gasteiger partial charge in [0.2, 0.25) is 0 Å². The van der Waals surface area contributed by atoms with Gasteiger partial charge in [0.1, 0.15) is 0 Å². The molecule has 5 fully saturated rings. The maximum absolute atomic E-state index is 12.4. The highest BCUT2D eigenvalue weighted by Gasteiger charge is 2.50. The summed E-state index contributed by atoms with van der Waals surface area (Å²) in [5, 5.41) is 12.5. The van der Waals surface area contributed by atoms with Gasteiger partial charge in [-0.1, -0.05) is 0 Å². The quantitative estimate of drug-likeness (QED) is 0.836. The highest BCUT2D eigenvalue weighted by atomic mass is 16.3. The van der Waals surface area contributed by atoms with E-state index in [9.17, 15) is 9.90 Å². The molecule has 0 aromatic carbocycles. The molecule has 2 amide bonds. The highest BCUT2D eigenvalue weighted by molar-refractivity contribution is 5.74. The summed E-state index contributed by atoms with van der Waals surface area (Å²) in [5.41, 5.74) is 0.553. The first-order chi connectivity index (χ1) is 11.2. The monoisotopic (exact) mass is 320 g/mol. The average Bonchev–Trinajstić information content (AvgIpc) is 2.53. The highest BCUT2D eigenvalue weighted by Crippen LogP contribution is 2.61. The third-order valence-electron chi connectivity index (χ3n) is 7.16. The number of hydrogen-bond acceptors (Lipinski definition) is 2. The second kappa shape index (κ2) is 6.27. The number of carbonyl (C=O) groups is 1. The van der Waals surface area contributed by atoms with Crippen molar-refractivity contribution in [1.29, 1.82) is 0 Å². The molecule has 4 saturated carbocycles. The molecule has 4 bridgehead atoms. The molecular weight excluding hydrogens is 288 g/mol. The van der Waals surface area contributed by atoms with Crippen LogP contribution in [-0.4, -0.2) is 42.3 Å². The zero-order valence-corrected chi connectivity index (χ0v) is 14.3. The van der Waals surface area contributed by atoms with E-state index in [2.05, 4.69) is 5.32 Å². The summed E-state index contributed by atoms with van der Waals surface area (Å²) in [5.74, 6) is 3.25. The Morgan fingerprint density at radius 1 is 1.13 bits per heavy atom. The van der Waals surface area contributed by atoms with Crippen LogP contribution >= 0.6 is 0 Å². The van der Waals surface area contributed by atoms with Gasteiger partial charge >= 0.3 is 6.03 Å². The number of nitrogens with zero attached hydrogens (tertiary/aromatic N) is 1. The van der Waals surface area contributed by atoms with Crippen LogP contribution in [0.25, 0.3) is 0 Å². The fraction of sp³-hybridized carbons (Fsp3) is 0.947. The van der Waals surface area contributed by atoms with E-state index in [1.54, 1.807) is 0 Å². The number of aliphatic hydroxyl groups is 1. The van der Waals surface area contributed by atoms with Crippen LogP contribution in [0.1, 0.15) is 57.8 Å². The van der Waals surface area contributed by atoms with Crippen molar-refractivity contribution >= 4 is 6.03 Å². The van der Waals surface area contributed by atoms with Gasteiger partial charge in [-0.25, -0.2) is 4.79 Å². The van der Waals surface area contributed by atoms with E-state index < -0.39 is 0 Å². The van der Waals surface area contributed by atoms with Crippen molar-refractivity contribution in [1.82, 2.24) is 10.2 Å². The summed E-state index contributed by atoms with van der Waals surface area (Å²) < 4.78 is 0. The standard InChI is InChI=1S/C19H32N2O2/c22-13-14-2-1-5-21(12-14)18(23)20-4-3-19-9-15-6-16(10-19)8-17(7-15)11-19/h14-17,22H,1-13H2,(H,20,23)/t14-,15?,16?,17?,19?/m0/s1. The van der Waals surface area contributed by atoms with Crippen molar-refractivity contribution in [2.75, 3.05) is 26.2 Å². The van der Waals surface area contributed by atoms with Crippen molar-refractivity contribution in [2.24, 2.45) is 29.1 Å². The van der Waals surface area contributed by atoms with Crippen LogP contribution in [0.15, 0.2) is 0 Å². The molecule has 0 radical (unpaired) electrons. The number of carbonyl (C=O) groups excluding carboxylic acids is 1. The summed E-state index contributed by atoms with van der Waals surface area (Å²) in [6.45, 7) is 2.61. The molecule has 23 heavy (non-hydrogen) atoms. The van der Waals surface area contributed by atoms with E-state index in [1.165, 1.54) is 44.9 Å². The lowest BCUT2D eigenvalue weighted by Gasteiger charge is -2.57. The number of piperidine rings is 1. The number of amides is 2. The Balaban J connectivity index is 1.26. The fourth-order valence-electron chi connectivity index (χ4n) is 6.54. The van der Waals surface area contributed by atoms with Crippen molar-refractivity contribution in [3.8, 4) is 0 Å². The molecule has 1 saturated heterocycles.